The van der Waals surface area contributed by atoms with Gasteiger partial charge < -0.3 is 10.0 Å². The van der Waals surface area contributed by atoms with Crippen LogP contribution in [0.4, 0.5) is 0 Å². The van der Waals surface area contributed by atoms with Gasteiger partial charge in [0, 0.05) is 33.2 Å². The van der Waals surface area contributed by atoms with E-state index in [1.165, 1.54) is 21.5 Å². The van der Waals surface area contributed by atoms with Crippen molar-refractivity contribution < 1.29 is 18.3 Å². The molecular weight excluding hydrogens is 294 g/mol. The Kier molecular flexibility index (Phi) is 5.59. The summed E-state index contributed by atoms with van der Waals surface area (Å²) in [5.41, 5.74) is 0. The molecule has 0 spiro atoms. The molecule has 1 atom stereocenters. The summed E-state index contributed by atoms with van der Waals surface area (Å²) in [7, 11) is -1.96. The highest BCUT2D eigenvalue weighted by Gasteiger charge is 2.34. The molecule has 2 aliphatic rings. The molecular formula is C13H25N3O4S. The molecule has 0 saturated carbocycles. The second kappa shape index (κ2) is 7.04. The Labute approximate surface area is 126 Å². The summed E-state index contributed by atoms with van der Waals surface area (Å²) in [5.74, 6) is -1.49. The first kappa shape index (κ1) is 16.7. The van der Waals surface area contributed by atoms with Gasteiger partial charge in [0.2, 0.25) is 0 Å². The highest BCUT2D eigenvalue weighted by atomic mass is 32.2. The molecule has 2 saturated heterocycles. The molecule has 1 unspecified atom stereocenters. The molecule has 0 aromatic carbocycles. The standard InChI is InChI=1S/C13H25N3O4S/c1-14(9-10-15-6-2-3-7-15)21(19,20)16-8-4-5-12(11-16)13(17)18/h12H,2-11H2,1H3,(H,17,18). The molecule has 2 rings (SSSR count). The molecule has 1 N–H and O–H groups in total. The summed E-state index contributed by atoms with van der Waals surface area (Å²) in [6.07, 6.45) is 3.53. The summed E-state index contributed by atoms with van der Waals surface area (Å²) in [5, 5.41) is 9.07. The lowest BCUT2D eigenvalue weighted by Crippen LogP contribution is -2.49. The zero-order valence-electron chi connectivity index (χ0n) is 12.6. The number of carbonyl (C=O) groups is 1. The van der Waals surface area contributed by atoms with Crippen molar-refractivity contribution >= 4 is 16.2 Å². The van der Waals surface area contributed by atoms with E-state index in [-0.39, 0.29) is 6.54 Å². The van der Waals surface area contributed by atoms with E-state index in [0.29, 0.717) is 25.9 Å². The Bertz CT molecular complexity index is 462. The third-order valence-electron chi connectivity index (χ3n) is 4.38. The first-order valence-electron chi connectivity index (χ1n) is 7.58. The maximum atomic E-state index is 12.5. The lowest BCUT2D eigenvalue weighted by molar-refractivity contribution is -0.142. The van der Waals surface area contributed by atoms with Crippen LogP contribution < -0.4 is 0 Å². The number of nitrogens with zero attached hydrogens (tertiary/aromatic N) is 3. The van der Waals surface area contributed by atoms with Crippen molar-refractivity contribution in [2.75, 3.05) is 46.3 Å². The summed E-state index contributed by atoms with van der Waals surface area (Å²) >= 11 is 0. The van der Waals surface area contributed by atoms with Crippen molar-refractivity contribution in [3.63, 3.8) is 0 Å². The third kappa shape index (κ3) is 4.15. The van der Waals surface area contributed by atoms with Crippen LogP contribution in [-0.2, 0) is 15.0 Å². The number of likely N-dealkylation sites (tertiary alicyclic amines) is 1. The number of piperidine rings is 1. The maximum Gasteiger partial charge on any atom is 0.307 e. The van der Waals surface area contributed by atoms with Crippen molar-refractivity contribution in [3.8, 4) is 0 Å². The fourth-order valence-electron chi connectivity index (χ4n) is 2.95. The van der Waals surface area contributed by atoms with Crippen molar-refractivity contribution in [2.45, 2.75) is 25.7 Å². The van der Waals surface area contributed by atoms with Crippen LogP contribution in [0.1, 0.15) is 25.7 Å². The third-order valence-corrected chi connectivity index (χ3v) is 6.34. The van der Waals surface area contributed by atoms with Gasteiger partial charge in [0.1, 0.15) is 0 Å². The minimum atomic E-state index is -3.54. The molecule has 0 aromatic heterocycles. The molecule has 0 aromatic rings. The van der Waals surface area contributed by atoms with Gasteiger partial charge in [-0.05, 0) is 38.8 Å². The molecule has 21 heavy (non-hydrogen) atoms. The van der Waals surface area contributed by atoms with Crippen LogP contribution in [0.25, 0.3) is 0 Å². The molecule has 7 nitrogen and oxygen atoms in total. The van der Waals surface area contributed by atoms with Crippen LogP contribution in [0.5, 0.6) is 0 Å². The van der Waals surface area contributed by atoms with Crippen molar-refractivity contribution in [1.29, 1.82) is 0 Å². The number of hydrogen-bond acceptors (Lipinski definition) is 4. The normalized spacial score (nSPS) is 25.5. The molecule has 2 heterocycles. The summed E-state index contributed by atoms with van der Waals surface area (Å²) in [6, 6.07) is 0. The van der Waals surface area contributed by atoms with Gasteiger partial charge in [0.15, 0.2) is 0 Å². The SMILES string of the molecule is CN(CCN1CCCC1)S(=O)(=O)N1CCCC(C(=O)O)C1. The highest BCUT2D eigenvalue weighted by Crippen LogP contribution is 2.21. The average Bonchev–Trinajstić information content (AvgIpc) is 2.98. The lowest BCUT2D eigenvalue weighted by Gasteiger charge is -2.33. The number of hydrogen-bond donors (Lipinski definition) is 1. The predicted octanol–water partition coefficient (Wildman–Crippen LogP) is 0.0554. The Hall–Kier alpha value is -0.700. The molecule has 0 radical (unpaired) electrons. The lowest BCUT2D eigenvalue weighted by atomic mass is 10.0. The van der Waals surface area contributed by atoms with Gasteiger partial charge in [0.25, 0.3) is 10.2 Å². The largest absolute Gasteiger partial charge is 0.481 e. The minimum absolute atomic E-state index is 0.0890. The fourth-order valence-corrected chi connectivity index (χ4v) is 4.39. The topological polar surface area (TPSA) is 81.2 Å². The Morgan fingerprint density at radius 2 is 1.90 bits per heavy atom. The predicted molar refractivity (Wildman–Crippen MR) is 79.2 cm³/mol. The molecule has 8 heteroatoms. The van der Waals surface area contributed by atoms with Crippen LogP contribution in [0, 0.1) is 5.92 Å². The van der Waals surface area contributed by atoms with Crippen LogP contribution in [0.2, 0.25) is 0 Å². The van der Waals surface area contributed by atoms with Gasteiger partial charge in [-0.25, -0.2) is 0 Å². The number of rotatable bonds is 6. The zero-order valence-corrected chi connectivity index (χ0v) is 13.4. The van der Waals surface area contributed by atoms with E-state index in [2.05, 4.69) is 4.90 Å². The maximum absolute atomic E-state index is 12.5. The summed E-state index contributed by atoms with van der Waals surface area (Å²) in [6.45, 7) is 3.78. The van der Waals surface area contributed by atoms with Crippen molar-refractivity contribution in [3.05, 3.63) is 0 Å². The highest BCUT2D eigenvalue weighted by molar-refractivity contribution is 7.86. The molecule has 2 aliphatic heterocycles. The fraction of sp³-hybridized carbons (Fsp3) is 0.923. The first-order valence-corrected chi connectivity index (χ1v) is 8.97. The van der Waals surface area contributed by atoms with Gasteiger partial charge in [-0.15, -0.1) is 0 Å². The second-order valence-electron chi connectivity index (χ2n) is 5.91. The van der Waals surface area contributed by atoms with Crippen LogP contribution >= 0.6 is 0 Å². The quantitative estimate of drug-likeness (QED) is 0.748. The van der Waals surface area contributed by atoms with E-state index in [1.54, 1.807) is 7.05 Å². The van der Waals surface area contributed by atoms with E-state index < -0.39 is 22.1 Å². The number of carboxylic acids is 1. The monoisotopic (exact) mass is 319 g/mol. The van der Waals surface area contributed by atoms with Gasteiger partial charge >= 0.3 is 5.97 Å². The molecule has 0 aliphatic carbocycles. The summed E-state index contributed by atoms with van der Waals surface area (Å²) < 4.78 is 27.7. The van der Waals surface area contributed by atoms with Crippen LogP contribution in [-0.4, -0.2) is 79.3 Å². The first-order chi connectivity index (χ1) is 9.91. The van der Waals surface area contributed by atoms with E-state index in [1.807, 2.05) is 0 Å². The molecule has 122 valence electrons. The number of aliphatic carboxylic acids is 1. The number of carboxylic acid groups (broad SMARTS) is 1. The minimum Gasteiger partial charge on any atom is -0.481 e. The van der Waals surface area contributed by atoms with Gasteiger partial charge in [-0.3, -0.25) is 4.79 Å². The Morgan fingerprint density at radius 3 is 2.52 bits per heavy atom. The van der Waals surface area contributed by atoms with Gasteiger partial charge in [0.05, 0.1) is 5.92 Å². The Balaban J connectivity index is 1.90. The van der Waals surface area contributed by atoms with E-state index in [9.17, 15) is 13.2 Å². The molecule has 2 fully saturated rings. The van der Waals surface area contributed by atoms with Gasteiger partial charge in [-0.2, -0.15) is 17.0 Å². The number of likely N-dealkylation sites (N-methyl/N-ethyl adjacent to an activating group) is 1. The summed E-state index contributed by atoms with van der Waals surface area (Å²) in [4.78, 5) is 13.3. The van der Waals surface area contributed by atoms with Crippen LogP contribution in [0.15, 0.2) is 0 Å². The van der Waals surface area contributed by atoms with Gasteiger partial charge in [-0.1, -0.05) is 0 Å². The second-order valence-corrected chi connectivity index (χ2v) is 7.95. The smallest absolute Gasteiger partial charge is 0.307 e. The van der Waals surface area contributed by atoms with E-state index in [4.69, 9.17) is 5.11 Å². The van der Waals surface area contributed by atoms with E-state index >= 15 is 0 Å². The zero-order chi connectivity index (χ0) is 15.5. The van der Waals surface area contributed by atoms with Crippen molar-refractivity contribution in [2.24, 2.45) is 5.92 Å². The van der Waals surface area contributed by atoms with E-state index in [0.717, 1.165) is 19.6 Å². The van der Waals surface area contributed by atoms with Crippen molar-refractivity contribution in [1.82, 2.24) is 13.5 Å². The Morgan fingerprint density at radius 1 is 1.24 bits per heavy atom. The molecule has 0 bridgehead atoms. The van der Waals surface area contributed by atoms with Crippen LogP contribution in [0.3, 0.4) is 0 Å². The molecule has 0 amide bonds. The average molecular weight is 319 g/mol.